The van der Waals surface area contributed by atoms with E-state index < -0.39 is 0 Å². The molecule has 0 aromatic carbocycles. The monoisotopic (exact) mass is 244 g/mol. The second-order valence-corrected chi connectivity index (χ2v) is 3.20. The topological polar surface area (TPSA) is 66.4 Å². The molecule has 14 heavy (non-hydrogen) atoms. The third kappa shape index (κ3) is 22.8. The minimum Gasteiger partial charge on any atom is -0.406 e. The summed E-state index contributed by atoms with van der Waals surface area (Å²) in [4.78, 5) is 0. The Kier molecular flexibility index (Phi) is 22.4. The average Bonchev–Trinajstić information content (AvgIpc) is 2.21. The van der Waals surface area contributed by atoms with Crippen LogP contribution in [0.3, 0.4) is 0 Å². The van der Waals surface area contributed by atoms with Crippen LogP contribution in [-0.4, -0.2) is 66.8 Å². The Morgan fingerprint density at radius 2 is 1.57 bits per heavy atom. The largest absolute Gasteiger partial charge is 0.406 e. The van der Waals surface area contributed by atoms with Crippen molar-refractivity contribution >= 4 is 21.0 Å². The Morgan fingerprint density at radius 3 is 1.93 bits per heavy atom. The second-order valence-electron chi connectivity index (χ2n) is 2.05. The number of ether oxygens (including phenoxy) is 3. The summed E-state index contributed by atoms with van der Waals surface area (Å²) in [5.41, 5.74) is 0. The molecular formula is C6H20O6Si2. The molecule has 0 unspecified atom stereocenters. The molecule has 0 aliphatic carbocycles. The molecule has 0 saturated carbocycles. The Balaban J connectivity index is 0. The molecule has 0 atom stereocenters. The van der Waals surface area contributed by atoms with E-state index in [1.54, 1.807) is 7.11 Å². The molecule has 88 valence electrons. The number of aliphatic hydroxyl groups is 1. The number of hydrogen-bond donors (Lipinski definition) is 1. The fraction of sp³-hybridized carbons (Fsp3) is 1.00. The summed E-state index contributed by atoms with van der Waals surface area (Å²) in [7, 11) is 3.06. The van der Waals surface area contributed by atoms with Gasteiger partial charge in [-0.15, -0.1) is 0 Å². The predicted molar refractivity (Wildman–Crippen MR) is 57.8 cm³/mol. The normalized spacial score (nSPS) is 9.86. The quantitative estimate of drug-likeness (QED) is 0.281. The fourth-order valence-corrected chi connectivity index (χ4v) is 0.741. The molecule has 0 aromatic rings. The van der Waals surface area contributed by atoms with E-state index in [1.165, 1.54) is 0 Å². The highest BCUT2D eigenvalue weighted by molar-refractivity contribution is 5.98. The predicted octanol–water partition coefficient (Wildman–Crippen LogP) is -2.89. The molecule has 6 nitrogen and oxygen atoms in total. The highest BCUT2D eigenvalue weighted by Crippen LogP contribution is 1.71. The molecule has 0 aliphatic rings. The van der Waals surface area contributed by atoms with Gasteiger partial charge in [-0.1, -0.05) is 0 Å². The maximum absolute atomic E-state index is 8.02. The fourth-order valence-electron chi connectivity index (χ4n) is 0.407. The average molecular weight is 244 g/mol. The molecule has 1 N–H and O–H groups in total. The molecule has 8 heteroatoms. The molecule has 0 amide bonds. The van der Waals surface area contributed by atoms with Crippen LogP contribution >= 0.6 is 0 Å². The van der Waals surface area contributed by atoms with Crippen LogP contribution in [0.4, 0.5) is 0 Å². The first kappa shape index (κ1) is 16.6. The maximum Gasteiger partial charge on any atom is 0.149 e. The van der Waals surface area contributed by atoms with Gasteiger partial charge in [-0.2, -0.15) is 0 Å². The summed E-state index contributed by atoms with van der Waals surface area (Å²) in [6.07, 6.45) is 0. The van der Waals surface area contributed by atoms with Crippen molar-refractivity contribution in [1.82, 2.24) is 0 Å². The van der Waals surface area contributed by atoms with Crippen molar-refractivity contribution in [2.75, 3.05) is 40.7 Å². The Hall–Kier alpha value is 0.194. The first-order valence-electron chi connectivity index (χ1n) is 4.06. The lowest BCUT2D eigenvalue weighted by atomic mass is 10.8. The van der Waals surface area contributed by atoms with Gasteiger partial charge in [0.15, 0.2) is 0 Å². The van der Waals surface area contributed by atoms with Gasteiger partial charge in [0.05, 0.1) is 13.2 Å². The van der Waals surface area contributed by atoms with Gasteiger partial charge in [-0.3, -0.25) is 0 Å². The Labute approximate surface area is 90.5 Å². The molecule has 0 aliphatic heterocycles. The van der Waals surface area contributed by atoms with Crippen molar-refractivity contribution in [2.24, 2.45) is 0 Å². The van der Waals surface area contributed by atoms with Crippen LogP contribution in [0.2, 0.25) is 0 Å². The Bertz CT molecular complexity index is 68.7. The maximum atomic E-state index is 8.02. The van der Waals surface area contributed by atoms with Crippen LogP contribution in [0.1, 0.15) is 0 Å². The van der Waals surface area contributed by atoms with E-state index in [4.69, 9.17) is 18.7 Å². The SMILES string of the molecule is COCCOCO.[SiH3]OCOCO[SiH3]. The summed E-state index contributed by atoms with van der Waals surface area (Å²) in [5, 5.41) is 8.02. The van der Waals surface area contributed by atoms with Crippen LogP contribution in [0, 0.1) is 0 Å². The number of methoxy groups -OCH3 is 1. The van der Waals surface area contributed by atoms with Gasteiger partial charge in [0.1, 0.15) is 41.4 Å². The molecule has 0 spiro atoms. The third-order valence-corrected chi connectivity index (χ3v) is 1.40. The van der Waals surface area contributed by atoms with Crippen molar-refractivity contribution in [1.29, 1.82) is 0 Å². The third-order valence-electron chi connectivity index (χ3n) is 0.925. The van der Waals surface area contributed by atoms with Crippen molar-refractivity contribution < 1.29 is 28.2 Å². The Morgan fingerprint density at radius 1 is 1.00 bits per heavy atom. The van der Waals surface area contributed by atoms with Crippen molar-refractivity contribution in [3.8, 4) is 0 Å². The van der Waals surface area contributed by atoms with Crippen LogP contribution in [0.25, 0.3) is 0 Å². The van der Waals surface area contributed by atoms with Crippen LogP contribution < -0.4 is 0 Å². The molecule has 0 rings (SSSR count). The van der Waals surface area contributed by atoms with E-state index in [-0.39, 0.29) is 6.79 Å². The molecule has 0 bridgehead atoms. The molecule has 0 fully saturated rings. The highest BCUT2D eigenvalue weighted by Gasteiger charge is 1.78. The van der Waals surface area contributed by atoms with Crippen LogP contribution in [0.5, 0.6) is 0 Å². The zero-order valence-electron chi connectivity index (χ0n) is 9.02. The zero-order chi connectivity index (χ0) is 11.1. The van der Waals surface area contributed by atoms with Gasteiger partial charge in [0.25, 0.3) is 0 Å². The number of hydrogen-bond acceptors (Lipinski definition) is 6. The molecule has 0 radical (unpaired) electrons. The first-order chi connectivity index (χ1) is 6.83. The van der Waals surface area contributed by atoms with Gasteiger partial charge >= 0.3 is 0 Å². The summed E-state index contributed by atoms with van der Waals surface area (Å²) in [6.45, 7) is 1.56. The van der Waals surface area contributed by atoms with E-state index in [9.17, 15) is 0 Å². The van der Waals surface area contributed by atoms with Gasteiger partial charge in [-0.05, 0) is 0 Å². The van der Waals surface area contributed by atoms with Crippen molar-refractivity contribution in [2.45, 2.75) is 0 Å². The highest BCUT2D eigenvalue weighted by atomic mass is 28.2. The van der Waals surface area contributed by atoms with E-state index in [1.807, 2.05) is 0 Å². The van der Waals surface area contributed by atoms with E-state index in [0.717, 1.165) is 21.0 Å². The number of aliphatic hydroxyl groups excluding tert-OH is 1. The molecular weight excluding hydrogens is 224 g/mol. The van der Waals surface area contributed by atoms with E-state index in [0.29, 0.717) is 26.8 Å². The second kappa shape index (κ2) is 18.9. The lowest BCUT2D eigenvalue weighted by molar-refractivity contribution is -0.0485. The van der Waals surface area contributed by atoms with Crippen LogP contribution in [-0.2, 0) is 23.1 Å². The molecule has 0 saturated heterocycles. The minimum atomic E-state index is -0.219. The van der Waals surface area contributed by atoms with Gasteiger partial charge in [-0.25, -0.2) is 0 Å². The lowest BCUT2D eigenvalue weighted by Crippen LogP contribution is -2.01. The zero-order valence-corrected chi connectivity index (χ0v) is 13.0. The summed E-state index contributed by atoms with van der Waals surface area (Å²) in [5.74, 6) is 0. The standard InChI is InChI=1S/C4H10O3.C2H10O3Si2/c1-6-2-3-7-4-5;6-4-1-3-2-5-7/h5H,2-4H2,1H3;1-2H2,6-7H3. The van der Waals surface area contributed by atoms with Gasteiger partial charge in [0.2, 0.25) is 0 Å². The van der Waals surface area contributed by atoms with Crippen molar-refractivity contribution in [3.05, 3.63) is 0 Å². The van der Waals surface area contributed by atoms with Crippen molar-refractivity contribution in [3.63, 3.8) is 0 Å². The minimum absolute atomic E-state index is 0.219. The summed E-state index contributed by atoms with van der Waals surface area (Å²) >= 11 is 0. The molecule has 0 heterocycles. The summed E-state index contributed by atoms with van der Waals surface area (Å²) in [6, 6.07) is 0. The van der Waals surface area contributed by atoms with E-state index in [2.05, 4.69) is 9.47 Å². The van der Waals surface area contributed by atoms with Gasteiger partial charge in [0, 0.05) is 7.11 Å². The molecule has 0 aromatic heterocycles. The van der Waals surface area contributed by atoms with E-state index >= 15 is 0 Å². The first-order valence-corrected chi connectivity index (χ1v) is 5.69. The lowest BCUT2D eigenvalue weighted by Gasteiger charge is -1.98. The number of rotatable bonds is 8. The van der Waals surface area contributed by atoms with Crippen LogP contribution in [0.15, 0.2) is 0 Å². The van der Waals surface area contributed by atoms with Gasteiger partial charge < -0.3 is 28.2 Å². The smallest absolute Gasteiger partial charge is 0.149 e. The summed E-state index contributed by atoms with van der Waals surface area (Å²) < 4.78 is 23.3.